The summed E-state index contributed by atoms with van der Waals surface area (Å²) in [6.07, 6.45) is 8.60. The van der Waals surface area contributed by atoms with Gasteiger partial charge in [0.05, 0.1) is 48.9 Å². The average Bonchev–Trinajstić information content (AvgIpc) is 1.73. The second-order valence-electron chi connectivity index (χ2n) is 26.9. The fraction of sp³-hybridized carbons (Fsp3) is 0.667. The van der Waals surface area contributed by atoms with Crippen LogP contribution in [0.15, 0.2) is 23.2 Å². The SMILES string of the molecule is C=c1c(C)c(O)c(=C)c(C(C)(C)CC(=O)N(C)CCN(CCOCCOCCC(=O)NCCCCC(NC(=O)CC[C@@H](C)[C@H]2CC[C@H]3[C@@H]4[C@H](O)C[C@@H]5C[C@H](O)CC[C@]5(C)[C@H]4CC[C@]23C)C(=O)O)C(=O)Oc2ccc3nc(C4=NC(C(=O)O)CS4)sc3c2)c1O. The first-order valence-electron chi connectivity index (χ1n) is 31.7. The van der Waals surface area contributed by atoms with Crippen molar-refractivity contribution in [2.75, 3.05) is 65.4 Å². The summed E-state index contributed by atoms with van der Waals surface area (Å²) in [7, 11) is 1.60. The second kappa shape index (κ2) is 29.6. The number of carbonyl (C=O) groups is 6. The molecule has 12 atom stereocenters. The Morgan fingerprint density at radius 3 is 2.29 bits per heavy atom. The third-order valence-corrected chi connectivity index (χ3v) is 22.9. The summed E-state index contributed by atoms with van der Waals surface area (Å²) in [5, 5.41) is 70.4. The number of aliphatic hydroxyl groups is 2. The Balaban J connectivity index is 0.732. The van der Waals surface area contributed by atoms with Gasteiger partial charge < -0.3 is 65.3 Å². The number of hydrogen-bond donors (Lipinski definition) is 8. The van der Waals surface area contributed by atoms with Gasteiger partial charge in [-0.3, -0.25) is 19.4 Å². The summed E-state index contributed by atoms with van der Waals surface area (Å²) >= 11 is 2.61. The molecule has 3 aromatic rings. The molecule has 89 heavy (non-hydrogen) atoms. The molecule has 4 amide bonds. The molecular weight excluding hydrogens is 1180 g/mol. The van der Waals surface area contributed by atoms with Gasteiger partial charge in [0, 0.05) is 91.3 Å². The van der Waals surface area contributed by atoms with Gasteiger partial charge in [0.15, 0.2) is 6.04 Å². The van der Waals surface area contributed by atoms with Gasteiger partial charge in [-0.25, -0.2) is 19.4 Å². The number of benzene rings is 2. The fourth-order valence-electron chi connectivity index (χ4n) is 15.5. The smallest absolute Gasteiger partial charge is 0.415 e. The van der Waals surface area contributed by atoms with Crippen LogP contribution in [0.4, 0.5) is 4.79 Å². The van der Waals surface area contributed by atoms with Crippen molar-refractivity contribution in [3.05, 3.63) is 44.8 Å². The fourth-order valence-corrected chi connectivity index (χ4v) is 17.6. The maximum absolute atomic E-state index is 13.9. The van der Waals surface area contributed by atoms with E-state index in [1.54, 1.807) is 46.0 Å². The molecule has 8 rings (SSSR count). The van der Waals surface area contributed by atoms with Gasteiger partial charge in [-0.2, -0.15) is 0 Å². The highest BCUT2D eigenvalue weighted by atomic mass is 32.2. The number of aliphatic imine (C=N–C) groups is 1. The van der Waals surface area contributed by atoms with Crippen molar-refractivity contribution in [1.82, 2.24) is 25.4 Å². The third kappa shape index (κ3) is 16.1. The molecule has 8 N–H and O–H groups in total. The highest BCUT2D eigenvalue weighted by Gasteiger charge is 2.63. The van der Waals surface area contributed by atoms with Crippen LogP contribution in [0.1, 0.15) is 147 Å². The van der Waals surface area contributed by atoms with Gasteiger partial charge in [0.25, 0.3) is 0 Å². The number of thioether (sulfide) groups is 1. The number of rotatable bonds is 29. The number of likely N-dealkylation sites (N-methyl/N-ethyl adjacent to an activating group) is 1. The molecular formula is C66H94N6O15S2. The lowest BCUT2D eigenvalue weighted by atomic mass is 9.43. The van der Waals surface area contributed by atoms with Gasteiger partial charge in [0.1, 0.15) is 33.3 Å². The molecule has 0 radical (unpaired) electrons. The Morgan fingerprint density at radius 2 is 1.57 bits per heavy atom. The molecule has 4 aliphatic carbocycles. The lowest BCUT2D eigenvalue weighted by molar-refractivity contribution is -0.174. The largest absolute Gasteiger partial charge is 0.507 e. The number of aliphatic hydroxyl groups excluding tert-OH is 2. The number of aromatic hydroxyl groups is 2. The van der Waals surface area contributed by atoms with Crippen molar-refractivity contribution in [1.29, 1.82) is 0 Å². The normalized spacial score (nSPS) is 26.3. The molecule has 1 aromatic heterocycles. The second-order valence-corrected chi connectivity index (χ2v) is 28.9. The highest BCUT2D eigenvalue weighted by molar-refractivity contribution is 8.15. The molecule has 4 saturated carbocycles. The standard InChI is InChI=1S/C66H94N6O15S2/c1-37(44-15-16-45-55-46(20-23-66(44,45)8)65(7)22-19-42(73)32-41(65)33-50(55)74)13-18-53(76)68-48(61(80)81)12-10-11-24-67-52(75)21-28-85-30-31-86-29-27-72(26-25-71(9)54(77)35-64(5,6)56-40(4)57(78)38(2)39(3)58(56)79)63(84)87-43-14-17-47-51(34-43)89-60(69-47)59-70-49(36-88-59)62(82)83/h14,17,34,37,41-42,44-46,48-50,55,73-74,78-79H,3-4,10-13,15-16,18-33,35-36H2,1-2,5-9H3,(H,67,75)(H,68,76)(H,80,81)(H,82,83)/t37-,41+,42-,44-,45+,46+,48?,49?,50-,55+,65+,66-/m1/s1. The van der Waals surface area contributed by atoms with Gasteiger partial charge in [-0.1, -0.05) is 47.8 Å². The average molecular weight is 1280 g/mol. The molecule has 5 aliphatic rings. The van der Waals surface area contributed by atoms with E-state index in [1.165, 1.54) is 32.9 Å². The Labute approximate surface area is 530 Å². The maximum atomic E-state index is 13.9. The van der Waals surface area contributed by atoms with E-state index in [-0.39, 0.29) is 152 Å². The first-order valence-corrected chi connectivity index (χ1v) is 33.5. The van der Waals surface area contributed by atoms with Gasteiger partial charge in [-0.15, -0.1) is 23.1 Å². The molecule has 23 heteroatoms. The first kappa shape index (κ1) is 69.0. The van der Waals surface area contributed by atoms with Crippen molar-refractivity contribution < 1.29 is 73.6 Å². The van der Waals surface area contributed by atoms with E-state index in [9.17, 15) is 59.4 Å². The molecule has 21 nitrogen and oxygen atoms in total. The van der Waals surface area contributed by atoms with Gasteiger partial charge in [-0.05, 0) is 142 Å². The number of carboxylic acids is 2. The third-order valence-electron chi connectivity index (χ3n) is 20.7. The monoisotopic (exact) mass is 1270 g/mol. The number of nitrogens with one attached hydrogen (secondary N) is 2. The molecule has 0 spiro atoms. The maximum Gasteiger partial charge on any atom is 0.415 e. The first-order chi connectivity index (χ1) is 42.1. The minimum absolute atomic E-state index is 0.0479. The predicted molar refractivity (Wildman–Crippen MR) is 341 cm³/mol. The van der Waals surface area contributed by atoms with Crippen molar-refractivity contribution in [2.24, 2.45) is 51.3 Å². The number of phenolic OH excluding ortho intramolecular Hbond substituents is 2. The van der Waals surface area contributed by atoms with Crippen LogP contribution in [0.25, 0.3) is 23.4 Å². The van der Waals surface area contributed by atoms with Crippen LogP contribution >= 0.6 is 23.1 Å². The Hall–Kier alpha value is -5.85. The van der Waals surface area contributed by atoms with E-state index in [1.807, 2.05) is 0 Å². The molecule has 0 bridgehead atoms. The van der Waals surface area contributed by atoms with Crippen LogP contribution in [-0.2, 0) is 38.9 Å². The zero-order valence-corrected chi connectivity index (χ0v) is 54.5. The number of nitrogens with zero attached hydrogens (tertiary/aromatic N) is 4. The molecule has 1 aliphatic heterocycles. The Morgan fingerprint density at radius 1 is 0.854 bits per heavy atom. The van der Waals surface area contributed by atoms with Crippen LogP contribution in [0, 0.1) is 53.3 Å². The minimum atomic E-state index is -1.10. The number of amides is 4. The molecule has 4 fully saturated rings. The van der Waals surface area contributed by atoms with Crippen LogP contribution in [-0.4, -0.2) is 176 Å². The highest BCUT2D eigenvalue weighted by Crippen LogP contribution is 2.68. The van der Waals surface area contributed by atoms with Crippen LogP contribution in [0.2, 0.25) is 0 Å². The number of phenols is 2. The summed E-state index contributed by atoms with van der Waals surface area (Å²) in [6, 6.07) is 3.08. The van der Waals surface area contributed by atoms with E-state index in [2.05, 4.69) is 54.5 Å². The van der Waals surface area contributed by atoms with Crippen LogP contribution in [0.5, 0.6) is 17.2 Å². The summed E-state index contributed by atoms with van der Waals surface area (Å²) in [4.78, 5) is 88.9. The number of ether oxygens (including phenoxy) is 3. The number of carbonyl (C=O) groups excluding carboxylic acids is 4. The minimum Gasteiger partial charge on any atom is -0.507 e. The van der Waals surface area contributed by atoms with Gasteiger partial charge >= 0.3 is 18.0 Å². The molecule has 2 unspecified atom stereocenters. The lowest BCUT2D eigenvalue weighted by Gasteiger charge is -2.62. The zero-order valence-electron chi connectivity index (χ0n) is 52.9. The van der Waals surface area contributed by atoms with E-state index in [0.717, 1.165) is 51.4 Å². The predicted octanol–water partition coefficient (Wildman–Crippen LogP) is 7.10. The van der Waals surface area contributed by atoms with E-state index in [0.29, 0.717) is 86.6 Å². The summed E-state index contributed by atoms with van der Waals surface area (Å²) in [5.41, 5.74) is 0.600. The number of thiazole rings is 1. The van der Waals surface area contributed by atoms with E-state index >= 15 is 0 Å². The molecule has 2 heterocycles. The van der Waals surface area contributed by atoms with Crippen LogP contribution in [0.3, 0.4) is 0 Å². The quantitative estimate of drug-likeness (QED) is 0.0254. The van der Waals surface area contributed by atoms with Crippen LogP contribution < -0.4 is 25.8 Å². The van der Waals surface area contributed by atoms with Gasteiger partial charge in [0.2, 0.25) is 17.7 Å². The number of aliphatic carboxylic acids is 2. The zero-order chi connectivity index (χ0) is 64.7. The number of unbranched alkanes of at least 4 members (excludes halogenated alkanes) is 1. The van der Waals surface area contributed by atoms with E-state index in [4.69, 9.17) is 14.2 Å². The van der Waals surface area contributed by atoms with Crippen molar-refractivity contribution in [3.63, 3.8) is 0 Å². The topological polar surface area (TPSA) is 307 Å². The van der Waals surface area contributed by atoms with Crippen molar-refractivity contribution in [3.8, 4) is 17.2 Å². The summed E-state index contributed by atoms with van der Waals surface area (Å²) in [5.74, 6) is -0.388. The number of fused-ring (bicyclic) bond motifs is 6. The summed E-state index contributed by atoms with van der Waals surface area (Å²) in [6.45, 7) is 21.1. The number of carboxylic acid groups (broad SMARTS) is 2. The Bertz CT molecular complexity index is 3210. The Kier molecular flexibility index (Phi) is 23.0. The summed E-state index contributed by atoms with van der Waals surface area (Å²) < 4.78 is 18.0. The molecule has 0 saturated heterocycles. The number of hydrogen-bond acceptors (Lipinski definition) is 17. The molecule has 2 aromatic carbocycles. The number of aromatic nitrogens is 1. The molecule has 490 valence electrons. The van der Waals surface area contributed by atoms with Crippen molar-refractivity contribution >= 4 is 87.3 Å². The lowest BCUT2D eigenvalue weighted by Crippen LogP contribution is -2.58. The van der Waals surface area contributed by atoms with E-state index < -0.39 is 35.5 Å². The van der Waals surface area contributed by atoms with Crippen molar-refractivity contribution in [2.45, 2.75) is 168 Å².